The van der Waals surface area contributed by atoms with E-state index in [-0.39, 0.29) is 11.1 Å². The van der Waals surface area contributed by atoms with Crippen LogP contribution in [0, 0.1) is 0 Å². The van der Waals surface area contributed by atoms with Crippen LogP contribution in [0.1, 0.15) is 55.1 Å². The fourth-order valence-corrected chi connectivity index (χ4v) is 5.02. The summed E-state index contributed by atoms with van der Waals surface area (Å²) in [7, 11) is 0. The number of carbonyl (C=O) groups is 2. The van der Waals surface area contributed by atoms with E-state index in [1.54, 1.807) is 0 Å². The SMILES string of the molecule is CCCc1cc(C2SC(=O)NC2=O)ccc1OCCCOc1ccc(Oc2ccccc2)c(CCC)c1. The molecular weight excluding hydrogens is 486 g/mol. The van der Waals surface area contributed by atoms with Gasteiger partial charge >= 0.3 is 0 Å². The van der Waals surface area contributed by atoms with E-state index in [4.69, 9.17) is 14.2 Å². The third-order valence-electron chi connectivity index (χ3n) is 5.93. The smallest absolute Gasteiger partial charge is 0.286 e. The summed E-state index contributed by atoms with van der Waals surface area (Å²) < 4.78 is 18.2. The first kappa shape index (κ1) is 26.6. The summed E-state index contributed by atoms with van der Waals surface area (Å²) in [5, 5.41) is 1.56. The van der Waals surface area contributed by atoms with Crippen molar-refractivity contribution in [3.05, 3.63) is 83.4 Å². The Labute approximate surface area is 222 Å². The van der Waals surface area contributed by atoms with Gasteiger partial charge in [0.1, 0.15) is 28.2 Å². The lowest BCUT2D eigenvalue weighted by molar-refractivity contribution is -0.119. The van der Waals surface area contributed by atoms with Gasteiger partial charge in [0.15, 0.2) is 0 Å². The van der Waals surface area contributed by atoms with Crippen LogP contribution in [-0.2, 0) is 17.6 Å². The van der Waals surface area contributed by atoms with Crippen molar-refractivity contribution in [2.24, 2.45) is 0 Å². The maximum absolute atomic E-state index is 12.1. The Hall–Kier alpha value is -3.45. The summed E-state index contributed by atoms with van der Waals surface area (Å²) in [6.45, 7) is 5.31. The van der Waals surface area contributed by atoms with Gasteiger partial charge in [0.25, 0.3) is 5.24 Å². The number of imide groups is 1. The Morgan fingerprint density at radius 3 is 2.19 bits per heavy atom. The minimum absolute atomic E-state index is 0.259. The van der Waals surface area contributed by atoms with Crippen LogP contribution < -0.4 is 19.5 Å². The van der Waals surface area contributed by atoms with Crippen molar-refractivity contribution in [2.45, 2.75) is 51.2 Å². The Balaban J connectivity index is 1.30. The van der Waals surface area contributed by atoms with E-state index in [0.717, 1.165) is 83.6 Å². The summed E-state index contributed by atoms with van der Waals surface area (Å²) in [6, 6.07) is 21.5. The van der Waals surface area contributed by atoms with Crippen molar-refractivity contribution in [1.82, 2.24) is 5.32 Å². The van der Waals surface area contributed by atoms with Crippen LogP contribution in [0.2, 0.25) is 0 Å². The number of ether oxygens (including phenoxy) is 3. The molecule has 0 saturated carbocycles. The number of benzene rings is 3. The largest absolute Gasteiger partial charge is 0.493 e. The van der Waals surface area contributed by atoms with Crippen molar-refractivity contribution in [3.8, 4) is 23.0 Å². The van der Waals surface area contributed by atoms with Crippen LogP contribution in [0.15, 0.2) is 66.7 Å². The number of thioether (sulfide) groups is 1. The number of aryl methyl sites for hydroxylation is 2. The van der Waals surface area contributed by atoms with Gasteiger partial charge in [-0.2, -0.15) is 0 Å². The highest BCUT2D eigenvalue weighted by molar-refractivity contribution is 8.15. The zero-order valence-corrected chi connectivity index (χ0v) is 22.1. The molecule has 1 fully saturated rings. The lowest BCUT2D eigenvalue weighted by Gasteiger charge is -2.15. The van der Waals surface area contributed by atoms with Crippen LogP contribution in [-0.4, -0.2) is 24.4 Å². The molecule has 0 aromatic heterocycles. The van der Waals surface area contributed by atoms with Crippen molar-refractivity contribution >= 4 is 22.9 Å². The van der Waals surface area contributed by atoms with Gasteiger partial charge in [0, 0.05) is 6.42 Å². The van der Waals surface area contributed by atoms with Crippen LogP contribution in [0.4, 0.5) is 4.79 Å². The van der Waals surface area contributed by atoms with Crippen molar-refractivity contribution in [2.75, 3.05) is 13.2 Å². The normalized spacial score (nSPS) is 14.9. The molecule has 1 aliphatic rings. The van der Waals surface area contributed by atoms with E-state index in [1.165, 1.54) is 0 Å². The second-order valence-electron chi connectivity index (χ2n) is 8.88. The minimum atomic E-state index is -0.493. The first-order valence-electron chi connectivity index (χ1n) is 12.8. The lowest BCUT2D eigenvalue weighted by Crippen LogP contribution is -2.20. The quantitative estimate of drug-likeness (QED) is 0.240. The predicted molar refractivity (Wildman–Crippen MR) is 147 cm³/mol. The molecule has 194 valence electrons. The number of amides is 2. The number of rotatable bonds is 13. The molecule has 0 bridgehead atoms. The van der Waals surface area contributed by atoms with E-state index < -0.39 is 5.25 Å². The van der Waals surface area contributed by atoms with Crippen LogP contribution in [0.5, 0.6) is 23.0 Å². The molecule has 1 heterocycles. The van der Waals surface area contributed by atoms with E-state index >= 15 is 0 Å². The second kappa shape index (κ2) is 13.2. The van der Waals surface area contributed by atoms with E-state index in [9.17, 15) is 9.59 Å². The van der Waals surface area contributed by atoms with Gasteiger partial charge < -0.3 is 14.2 Å². The standard InChI is InChI=1S/C30H33NO5S/c1-3-9-21-19-23(28-29(32)31-30(33)37-28)13-15-26(21)35-18-8-17-34-25-14-16-27(22(20-25)10-4-2)36-24-11-6-5-7-12-24/h5-7,11-16,19-20,28H,3-4,8-10,17-18H2,1-2H3,(H,31,32,33). The summed E-state index contributed by atoms with van der Waals surface area (Å²) in [6.07, 6.45) is 4.45. The van der Waals surface area contributed by atoms with Gasteiger partial charge in [0.2, 0.25) is 5.91 Å². The zero-order chi connectivity index (χ0) is 26.0. The topological polar surface area (TPSA) is 73.9 Å². The molecular formula is C30H33NO5S. The van der Waals surface area contributed by atoms with Gasteiger partial charge in [-0.3, -0.25) is 14.9 Å². The molecule has 4 rings (SSSR count). The van der Waals surface area contributed by atoms with Crippen molar-refractivity contribution < 1.29 is 23.8 Å². The highest BCUT2D eigenvalue weighted by Crippen LogP contribution is 2.36. The molecule has 3 aromatic rings. The maximum atomic E-state index is 12.1. The number of carbonyl (C=O) groups excluding carboxylic acids is 2. The molecule has 0 spiro atoms. The molecule has 0 radical (unpaired) electrons. The summed E-state index contributed by atoms with van der Waals surface area (Å²) in [5.41, 5.74) is 3.00. The molecule has 1 aliphatic heterocycles. The van der Waals surface area contributed by atoms with Gasteiger partial charge in [0.05, 0.1) is 13.2 Å². The predicted octanol–water partition coefficient (Wildman–Crippen LogP) is 7.26. The lowest BCUT2D eigenvalue weighted by atomic mass is 10.0. The second-order valence-corrected chi connectivity index (χ2v) is 9.95. The highest BCUT2D eigenvalue weighted by Gasteiger charge is 2.33. The minimum Gasteiger partial charge on any atom is -0.493 e. The monoisotopic (exact) mass is 519 g/mol. The fraction of sp³-hybridized carbons (Fsp3) is 0.333. The van der Waals surface area contributed by atoms with E-state index in [2.05, 4.69) is 25.2 Å². The molecule has 1 atom stereocenters. The maximum Gasteiger partial charge on any atom is 0.286 e. The van der Waals surface area contributed by atoms with Gasteiger partial charge in [-0.25, -0.2) is 0 Å². The number of para-hydroxylation sites is 1. The number of hydrogen-bond acceptors (Lipinski definition) is 6. The van der Waals surface area contributed by atoms with Gasteiger partial charge in [-0.15, -0.1) is 0 Å². The van der Waals surface area contributed by atoms with Crippen LogP contribution in [0.25, 0.3) is 0 Å². The number of nitrogens with one attached hydrogen (secondary N) is 1. The Morgan fingerprint density at radius 2 is 1.49 bits per heavy atom. The third-order valence-corrected chi connectivity index (χ3v) is 6.97. The molecule has 7 heteroatoms. The van der Waals surface area contributed by atoms with Gasteiger partial charge in [-0.1, -0.05) is 57.0 Å². The Bertz CT molecular complexity index is 1210. The summed E-state index contributed by atoms with van der Waals surface area (Å²) >= 11 is 1.02. The molecule has 37 heavy (non-hydrogen) atoms. The fourth-order valence-electron chi connectivity index (χ4n) is 4.20. The summed E-state index contributed by atoms with van der Waals surface area (Å²) in [5.74, 6) is 3.05. The summed E-state index contributed by atoms with van der Waals surface area (Å²) in [4.78, 5) is 23.6. The first-order valence-corrected chi connectivity index (χ1v) is 13.7. The molecule has 2 amide bonds. The first-order chi connectivity index (χ1) is 18.1. The van der Waals surface area contributed by atoms with Gasteiger partial charge in [-0.05, 0) is 77.7 Å². The highest BCUT2D eigenvalue weighted by atomic mass is 32.2. The molecule has 0 aliphatic carbocycles. The van der Waals surface area contributed by atoms with Crippen molar-refractivity contribution in [3.63, 3.8) is 0 Å². The zero-order valence-electron chi connectivity index (χ0n) is 21.3. The number of hydrogen-bond donors (Lipinski definition) is 1. The molecule has 6 nitrogen and oxygen atoms in total. The average molecular weight is 520 g/mol. The molecule has 1 saturated heterocycles. The molecule has 1 N–H and O–H groups in total. The van der Waals surface area contributed by atoms with E-state index in [1.807, 2.05) is 60.7 Å². The third kappa shape index (κ3) is 7.29. The Kier molecular flexibility index (Phi) is 9.49. The Morgan fingerprint density at radius 1 is 0.784 bits per heavy atom. The molecule has 1 unspecified atom stereocenters. The van der Waals surface area contributed by atoms with E-state index in [0.29, 0.717) is 13.2 Å². The van der Waals surface area contributed by atoms with Crippen molar-refractivity contribution in [1.29, 1.82) is 0 Å². The molecule has 3 aromatic carbocycles. The van der Waals surface area contributed by atoms with Crippen LogP contribution >= 0.6 is 11.8 Å². The van der Waals surface area contributed by atoms with Crippen LogP contribution in [0.3, 0.4) is 0 Å². The average Bonchev–Trinajstić information content (AvgIpc) is 3.24.